The van der Waals surface area contributed by atoms with E-state index in [0.717, 1.165) is 12.2 Å². The summed E-state index contributed by atoms with van der Waals surface area (Å²) < 4.78 is 0. The highest BCUT2D eigenvalue weighted by molar-refractivity contribution is 6.10. The normalized spacial score (nSPS) is 20.6. The maximum atomic E-state index is 11.3. The number of aliphatic carboxylic acids is 2. The fourth-order valence-electron chi connectivity index (χ4n) is 1.56. The Morgan fingerprint density at radius 2 is 1.87 bits per heavy atom. The van der Waals surface area contributed by atoms with Gasteiger partial charge in [0.15, 0.2) is 5.78 Å². The number of hydrogen-bond acceptors (Lipinski definition) is 3. The van der Waals surface area contributed by atoms with Crippen molar-refractivity contribution in [2.24, 2.45) is 5.92 Å². The summed E-state index contributed by atoms with van der Waals surface area (Å²) in [5, 5.41) is 17.6. The lowest BCUT2D eigenvalue weighted by Crippen LogP contribution is -2.26. The van der Waals surface area contributed by atoms with E-state index < -0.39 is 17.9 Å². The van der Waals surface area contributed by atoms with E-state index in [4.69, 9.17) is 10.2 Å². The first-order valence-corrected chi connectivity index (χ1v) is 4.41. The third kappa shape index (κ3) is 1.96. The van der Waals surface area contributed by atoms with E-state index in [1.807, 2.05) is 0 Å². The quantitative estimate of drug-likeness (QED) is 0.712. The summed E-state index contributed by atoms with van der Waals surface area (Å²) in [6.07, 6.45) is 2.44. The fraction of sp³-hybridized carbons (Fsp3) is 0.300. The zero-order valence-electron chi connectivity index (χ0n) is 8.06. The Hall–Kier alpha value is -1.91. The van der Waals surface area contributed by atoms with Crippen molar-refractivity contribution >= 4 is 17.7 Å². The highest BCUT2D eigenvalue weighted by Gasteiger charge is 2.32. The third-order valence-electron chi connectivity index (χ3n) is 2.27. The van der Waals surface area contributed by atoms with Crippen LogP contribution in [0.1, 0.15) is 13.3 Å². The standard InChI is InChI=1S/C10H10O5/c1-2-5-7(11)4-3-6(9(12)13)8(5)10(14)15/h3-5H,2H2,1H3,(H,12,13)(H,14,15). The molecule has 0 fully saturated rings. The van der Waals surface area contributed by atoms with E-state index >= 15 is 0 Å². The number of rotatable bonds is 3. The maximum Gasteiger partial charge on any atom is 0.336 e. The monoisotopic (exact) mass is 210 g/mol. The Bertz CT molecular complexity index is 389. The van der Waals surface area contributed by atoms with E-state index in [2.05, 4.69) is 0 Å². The first-order chi connectivity index (χ1) is 6.99. The molecule has 2 N–H and O–H groups in total. The molecule has 0 amide bonds. The first kappa shape index (κ1) is 11.2. The summed E-state index contributed by atoms with van der Waals surface area (Å²) in [4.78, 5) is 33.0. The third-order valence-corrected chi connectivity index (χ3v) is 2.27. The second kappa shape index (κ2) is 4.08. The lowest BCUT2D eigenvalue weighted by atomic mass is 9.84. The van der Waals surface area contributed by atoms with Gasteiger partial charge in [-0.15, -0.1) is 0 Å². The van der Waals surface area contributed by atoms with Crippen molar-refractivity contribution in [3.63, 3.8) is 0 Å². The Balaban J connectivity index is 3.33. The molecule has 0 spiro atoms. The molecule has 0 aromatic rings. The molecular weight excluding hydrogens is 200 g/mol. The molecule has 1 unspecified atom stereocenters. The van der Waals surface area contributed by atoms with Gasteiger partial charge in [0.25, 0.3) is 0 Å². The number of carbonyl (C=O) groups excluding carboxylic acids is 1. The zero-order chi connectivity index (χ0) is 11.6. The largest absolute Gasteiger partial charge is 0.478 e. The second-order valence-electron chi connectivity index (χ2n) is 3.13. The van der Waals surface area contributed by atoms with Gasteiger partial charge in [-0.25, -0.2) is 9.59 Å². The van der Waals surface area contributed by atoms with Crippen LogP contribution in [0.25, 0.3) is 0 Å². The second-order valence-corrected chi connectivity index (χ2v) is 3.13. The highest BCUT2D eigenvalue weighted by atomic mass is 16.4. The van der Waals surface area contributed by atoms with Crippen LogP contribution in [0.2, 0.25) is 0 Å². The van der Waals surface area contributed by atoms with Gasteiger partial charge in [0.2, 0.25) is 0 Å². The number of ketones is 1. The SMILES string of the molecule is CCC1C(=O)C=CC(C(=O)O)=C1C(=O)O. The van der Waals surface area contributed by atoms with E-state index in [0.29, 0.717) is 0 Å². The van der Waals surface area contributed by atoms with Crippen LogP contribution >= 0.6 is 0 Å². The van der Waals surface area contributed by atoms with E-state index in [9.17, 15) is 14.4 Å². The van der Waals surface area contributed by atoms with Crippen LogP contribution in [0, 0.1) is 5.92 Å². The van der Waals surface area contributed by atoms with Crippen LogP contribution in [0.3, 0.4) is 0 Å². The van der Waals surface area contributed by atoms with Gasteiger partial charge >= 0.3 is 11.9 Å². The van der Waals surface area contributed by atoms with E-state index in [-0.39, 0.29) is 23.4 Å². The van der Waals surface area contributed by atoms with Gasteiger partial charge in [0, 0.05) is 0 Å². The number of hydrogen-bond donors (Lipinski definition) is 2. The molecule has 0 saturated heterocycles. The van der Waals surface area contributed by atoms with Gasteiger partial charge in [0.1, 0.15) is 0 Å². The summed E-state index contributed by atoms with van der Waals surface area (Å²) in [6.45, 7) is 1.64. The van der Waals surface area contributed by atoms with Crippen LogP contribution < -0.4 is 0 Å². The number of allylic oxidation sites excluding steroid dienone is 1. The Morgan fingerprint density at radius 3 is 2.27 bits per heavy atom. The molecule has 1 aliphatic rings. The molecule has 0 aliphatic heterocycles. The topological polar surface area (TPSA) is 91.7 Å². The Labute approximate surface area is 85.7 Å². The minimum absolute atomic E-state index is 0.279. The number of carboxylic acids is 2. The van der Waals surface area contributed by atoms with Crippen molar-refractivity contribution in [1.29, 1.82) is 0 Å². The first-order valence-electron chi connectivity index (χ1n) is 4.41. The average Bonchev–Trinajstić information content (AvgIpc) is 2.16. The van der Waals surface area contributed by atoms with Crippen molar-refractivity contribution in [3.8, 4) is 0 Å². The molecule has 15 heavy (non-hydrogen) atoms. The van der Waals surface area contributed by atoms with Crippen LogP contribution in [0.5, 0.6) is 0 Å². The summed E-state index contributed by atoms with van der Waals surface area (Å²) in [5.41, 5.74) is -0.633. The lowest BCUT2D eigenvalue weighted by molar-refractivity contribution is -0.137. The predicted octanol–water partition coefficient (Wildman–Crippen LogP) is 0.617. The van der Waals surface area contributed by atoms with Crippen LogP contribution in [0.4, 0.5) is 0 Å². The zero-order valence-corrected chi connectivity index (χ0v) is 8.06. The molecule has 1 aliphatic carbocycles. The molecular formula is C10H10O5. The molecule has 0 heterocycles. The van der Waals surface area contributed by atoms with Crippen LogP contribution in [0.15, 0.2) is 23.3 Å². The summed E-state index contributed by atoms with van der Waals surface area (Å²) in [6, 6.07) is 0. The highest BCUT2D eigenvalue weighted by Crippen LogP contribution is 2.26. The Morgan fingerprint density at radius 1 is 1.27 bits per heavy atom. The fourth-order valence-corrected chi connectivity index (χ4v) is 1.56. The van der Waals surface area contributed by atoms with Gasteiger partial charge in [-0.05, 0) is 18.6 Å². The minimum Gasteiger partial charge on any atom is -0.478 e. The van der Waals surface area contributed by atoms with Crippen molar-refractivity contribution in [1.82, 2.24) is 0 Å². The van der Waals surface area contributed by atoms with Crippen molar-refractivity contribution in [2.45, 2.75) is 13.3 Å². The van der Waals surface area contributed by atoms with Gasteiger partial charge in [-0.3, -0.25) is 4.79 Å². The van der Waals surface area contributed by atoms with Crippen molar-refractivity contribution in [2.75, 3.05) is 0 Å². The average molecular weight is 210 g/mol. The molecule has 5 nitrogen and oxygen atoms in total. The summed E-state index contributed by atoms with van der Waals surface area (Å²) in [7, 11) is 0. The van der Waals surface area contributed by atoms with Gasteiger partial charge < -0.3 is 10.2 Å². The molecule has 0 saturated carbocycles. The molecule has 0 aromatic heterocycles. The van der Waals surface area contributed by atoms with Crippen molar-refractivity contribution < 1.29 is 24.6 Å². The van der Waals surface area contributed by atoms with Crippen molar-refractivity contribution in [3.05, 3.63) is 23.3 Å². The maximum absolute atomic E-state index is 11.3. The minimum atomic E-state index is -1.35. The smallest absolute Gasteiger partial charge is 0.336 e. The van der Waals surface area contributed by atoms with Gasteiger partial charge in [0.05, 0.1) is 17.1 Å². The molecule has 0 aromatic carbocycles. The lowest BCUT2D eigenvalue weighted by Gasteiger charge is -2.17. The molecule has 80 valence electrons. The molecule has 5 heteroatoms. The molecule has 1 atom stereocenters. The van der Waals surface area contributed by atoms with Gasteiger partial charge in [-0.1, -0.05) is 6.92 Å². The summed E-state index contributed by atoms with van der Waals surface area (Å²) >= 11 is 0. The van der Waals surface area contributed by atoms with Crippen LogP contribution in [-0.4, -0.2) is 27.9 Å². The molecule has 0 bridgehead atoms. The predicted molar refractivity (Wildman–Crippen MR) is 50.2 cm³/mol. The van der Waals surface area contributed by atoms with Gasteiger partial charge in [-0.2, -0.15) is 0 Å². The van der Waals surface area contributed by atoms with E-state index in [1.165, 1.54) is 0 Å². The number of carbonyl (C=O) groups is 3. The molecule has 1 rings (SSSR count). The van der Waals surface area contributed by atoms with Crippen LogP contribution in [-0.2, 0) is 14.4 Å². The van der Waals surface area contributed by atoms with E-state index in [1.54, 1.807) is 6.92 Å². The molecule has 0 radical (unpaired) electrons. The number of carboxylic acid groups (broad SMARTS) is 2. The summed E-state index contributed by atoms with van der Waals surface area (Å²) in [5.74, 6) is -3.88. The Kier molecular flexibility index (Phi) is 3.04.